The molecule has 3 aliphatic rings. The fraction of sp³-hybridized carbons (Fsp3) is 0.933. The highest BCUT2D eigenvalue weighted by molar-refractivity contribution is 5.86. The third kappa shape index (κ3) is 2.48. The van der Waals surface area contributed by atoms with Crippen molar-refractivity contribution in [1.29, 1.82) is 0 Å². The molecule has 18 heavy (non-hydrogen) atoms. The van der Waals surface area contributed by atoms with Crippen LogP contribution in [0.1, 0.15) is 57.8 Å². The molecule has 0 amide bonds. The number of ketones is 1. The van der Waals surface area contributed by atoms with Gasteiger partial charge in [0, 0.05) is 12.5 Å². The first kappa shape index (κ1) is 12.6. The molecule has 2 unspecified atom stereocenters. The minimum atomic E-state index is 0.0649. The van der Waals surface area contributed by atoms with Gasteiger partial charge in [-0.3, -0.25) is 4.79 Å². The second-order valence-corrected chi connectivity index (χ2v) is 6.33. The first-order valence-corrected chi connectivity index (χ1v) is 7.70. The molecule has 1 aliphatic carbocycles. The minimum absolute atomic E-state index is 0.0649. The van der Waals surface area contributed by atoms with Crippen molar-refractivity contribution < 1.29 is 9.53 Å². The molecule has 1 spiro atoms. The van der Waals surface area contributed by atoms with Crippen LogP contribution in [0.3, 0.4) is 0 Å². The van der Waals surface area contributed by atoms with Crippen LogP contribution in [0.15, 0.2) is 0 Å². The van der Waals surface area contributed by atoms with Crippen LogP contribution < -0.4 is 5.32 Å². The zero-order valence-electron chi connectivity index (χ0n) is 11.2. The Hall–Kier alpha value is -0.410. The van der Waals surface area contributed by atoms with Gasteiger partial charge in [0.05, 0.1) is 11.6 Å². The number of ether oxygens (including phenoxy) is 1. The van der Waals surface area contributed by atoms with Gasteiger partial charge in [-0.2, -0.15) is 0 Å². The van der Waals surface area contributed by atoms with Crippen molar-refractivity contribution in [3.63, 3.8) is 0 Å². The van der Waals surface area contributed by atoms with Gasteiger partial charge >= 0.3 is 0 Å². The van der Waals surface area contributed by atoms with E-state index in [4.69, 9.17) is 4.74 Å². The van der Waals surface area contributed by atoms with Crippen LogP contribution in [-0.4, -0.2) is 30.6 Å². The zero-order chi connectivity index (χ0) is 12.4. The second kappa shape index (κ2) is 5.30. The van der Waals surface area contributed by atoms with Crippen LogP contribution in [0.5, 0.6) is 0 Å². The Morgan fingerprint density at radius 1 is 1.11 bits per heavy atom. The van der Waals surface area contributed by atoms with Crippen molar-refractivity contribution in [2.45, 2.75) is 69.4 Å². The van der Waals surface area contributed by atoms with E-state index in [-0.39, 0.29) is 17.6 Å². The van der Waals surface area contributed by atoms with Gasteiger partial charge in [0.1, 0.15) is 0 Å². The third-order valence-corrected chi connectivity index (χ3v) is 5.06. The fourth-order valence-corrected chi connectivity index (χ4v) is 4.03. The quantitative estimate of drug-likeness (QED) is 0.819. The van der Waals surface area contributed by atoms with E-state index in [1.807, 2.05) is 0 Å². The second-order valence-electron chi connectivity index (χ2n) is 6.33. The van der Waals surface area contributed by atoms with E-state index < -0.39 is 0 Å². The van der Waals surface area contributed by atoms with E-state index in [1.54, 1.807) is 0 Å². The Morgan fingerprint density at radius 2 is 1.94 bits per heavy atom. The van der Waals surface area contributed by atoms with Gasteiger partial charge in [0.25, 0.3) is 0 Å². The van der Waals surface area contributed by atoms with E-state index >= 15 is 0 Å². The molecule has 3 rings (SSSR count). The highest BCUT2D eigenvalue weighted by atomic mass is 16.5. The summed E-state index contributed by atoms with van der Waals surface area (Å²) in [6.07, 6.45) is 10.4. The molecule has 0 bridgehead atoms. The molecule has 2 aliphatic heterocycles. The van der Waals surface area contributed by atoms with E-state index in [2.05, 4.69) is 5.32 Å². The molecular formula is C15H25NO2. The Labute approximate surface area is 110 Å². The van der Waals surface area contributed by atoms with E-state index in [0.717, 1.165) is 38.8 Å². The van der Waals surface area contributed by atoms with E-state index in [9.17, 15) is 4.79 Å². The van der Waals surface area contributed by atoms with Gasteiger partial charge < -0.3 is 10.1 Å². The summed E-state index contributed by atoms with van der Waals surface area (Å²) in [4.78, 5) is 12.5. The maximum absolute atomic E-state index is 12.5. The van der Waals surface area contributed by atoms with Crippen LogP contribution in [0.4, 0.5) is 0 Å². The number of nitrogens with one attached hydrogen (secondary N) is 1. The molecule has 0 aromatic carbocycles. The van der Waals surface area contributed by atoms with Crippen LogP contribution in [0, 0.1) is 5.92 Å². The first-order valence-electron chi connectivity index (χ1n) is 7.70. The largest absolute Gasteiger partial charge is 0.375 e. The number of rotatable bonds is 2. The molecule has 2 atom stereocenters. The molecule has 3 heteroatoms. The lowest BCUT2D eigenvalue weighted by Gasteiger charge is -2.43. The summed E-state index contributed by atoms with van der Waals surface area (Å²) in [6, 6.07) is 0.147. The van der Waals surface area contributed by atoms with Gasteiger partial charge in [-0.15, -0.1) is 0 Å². The average molecular weight is 251 g/mol. The lowest BCUT2D eigenvalue weighted by Crippen LogP contribution is -2.46. The zero-order valence-corrected chi connectivity index (χ0v) is 11.2. The van der Waals surface area contributed by atoms with E-state index in [1.165, 1.54) is 32.1 Å². The molecule has 3 nitrogen and oxygen atoms in total. The fourth-order valence-electron chi connectivity index (χ4n) is 4.03. The van der Waals surface area contributed by atoms with Crippen molar-refractivity contribution in [3.8, 4) is 0 Å². The normalized spacial score (nSPS) is 35.8. The summed E-state index contributed by atoms with van der Waals surface area (Å²) >= 11 is 0. The SMILES string of the molecule is O=C(C1CCOC2(CCCCC2)C1)C1CCCN1. The summed E-state index contributed by atoms with van der Waals surface area (Å²) in [7, 11) is 0. The first-order chi connectivity index (χ1) is 8.79. The molecule has 2 heterocycles. The van der Waals surface area contributed by atoms with Crippen LogP contribution >= 0.6 is 0 Å². The van der Waals surface area contributed by atoms with Gasteiger partial charge in [0.2, 0.25) is 0 Å². The average Bonchev–Trinajstić information content (AvgIpc) is 2.93. The molecular weight excluding hydrogens is 226 g/mol. The standard InChI is InChI=1S/C15H25NO2/c17-14(13-5-4-9-16-13)12-6-10-18-15(11-12)7-2-1-3-8-15/h12-13,16H,1-11H2. The summed E-state index contributed by atoms with van der Waals surface area (Å²) in [5, 5.41) is 3.35. The number of carbonyl (C=O) groups is 1. The van der Waals surface area contributed by atoms with Crippen molar-refractivity contribution in [2.75, 3.05) is 13.2 Å². The lowest BCUT2D eigenvalue weighted by atomic mass is 9.74. The monoisotopic (exact) mass is 251 g/mol. The Morgan fingerprint density at radius 3 is 2.67 bits per heavy atom. The summed E-state index contributed by atoms with van der Waals surface area (Å²) in [5.74, 6) is 0.730. The smallest absolute Gasteiger partial charge is 0.153 e. The van der Waals surface area contributed by atoms with Crippen molar-refractivity contribution >= 4 is 5.78 Å². The summed E-state index contributed by atoms with van der Waals surface area (Å²) in [6.45, 7) is 1.81. The van der Waals surface area contributed by atoms with Crippen LogP contribution in [-0.2, 0) is 9.53 Å². The Kier molecular flexibility index (Phi) is 3.71. The van der Waals surface area contributed by atoms with Gasteiger partial charge in [-0.1, -0.05) is 19.3 Å². The maximum atomic E-state index is 12.5. The predicted molar refractivity (Wildman–Crippen MR) is 70.5 cm³/mol. The van der Waals surface area contributed by atoms with Crippen LogP contribution in [0.25, 0.3) is 0 Å². The number of hydrogen-bond acceptors (Lipinski definition) is 3. The summed E-state index contributed by atoms with van der Waals surface area (Å²) in [5.41, 5.74) is 0.0649. The number of Topliss-reactive ketones (excluding diaryl/α,β-unsaturated/α-hetero) is 1. The summed E-state index contributed by atoms with van der Waals surface area (Å²) < 4.78 is 6.08. The molecule has 3 fully saturated rings. The highest BCUT2D eigenvalue weighted by Gasteiger charge is 2.42. The lowest BCUT2D eigenvalue weighted by molar-refractivity contribution is -0.144. The number of carbonyl (C=O) groups excluding carboxylic acids is 1. The topological polar surface area (TPSA) is 38.3 Å². The van der Waals surface area contributed by atoms with Crippen molar-refractivity contribution in [2.24, 2.45) is 5.92 Å². The molecule has 0 aromatic heterocycles. The van der Waals surface area contributed by atoms with Crippen molar-refractivity contribution in [3.05, 3.63) is 0 Å². The van der Waals surface area contributed by atoms with Gasteiger partial charge in [-0.25, -0.2) is 0 Å². The Balaban J connectivity index is 1.64. The van der Waals surface area contributed by atoms with E-state index in [0.29, 0.717) is 5.78 Å². The molecule has 102 valence electrons. The van der Waals surface area contributed by atoms with Crippen LogP contribution in [0.2, 0.25) is 0 Å². The van der Waals surface area contributed by atoms with Gasteiger partial charge in [0.15, 0.2) is 5.78 Å². The molecule has 0 aromatic rings. The number of hydrogen-bond donors (Lipinski definition) is 1. The molecule has 2 saturated heterocycles. The van der Waals surface area contributed by atoms with Gasteiger partial charge in [-0.05, 0) is 45.1 Å². The van der Waals surface area contributed by atoms with Crippen molar-refractivity contribution in [1.82, 2.24) is 5.32 Å². The molecule has 0 radical (unpaired) electrons. The highest BCUT2D eigenvalue weighted by Crippen LogP contribution is 2.41. The minimum Gasteiger partial charge on any atom is -0.375 e. The molecule has 1 saturated carbocycles. The predicted octanol–water partition coefficient (Wildman–Crippen LogP) is 2.44. The third-order valence-electron chi connectivity index (χ3n) is 5.06. The Bertz CT molecular complexity index is 298. The maximum Gasteiger partial charge on any atom is 0.153 e. The molecule has 1 N–H and O–H groups in total.